The first-order chi connectivity index (χ1) is 15.8. The Bertz CT molecular complexity index is 1230. The summed E-state index contributed by atoms with van der Waals surface area (Å²) in [5, 5.41) is 7.17. The zero-order valence-electron chi connectivity index (χ0n) is 19.0. The van der Waals surface area contributed by atoms with Crippen molar-refractivity contribution in [2.75, 3.05) is 25.0 Å². The number of rotatable bonds is 6. The molecule has 2 aromatic heterocycles. The SMILES string of the molecule is CCN1C[C@@H](COc2cc3c(cc2NC(=O)c2cnn4cccnc24)CC(C)(C)O3)CC1=O. The first-order valence-electron chi connectivity index (χ1n) is 11.2. The molecular weight excluding hydrogens is 422 g/mol. The molecule has 1 saturated heterocycles. The largest absolute Gasteiger partial charge is 0.491 e. The number of nitrogens with one attached hydrogen (secondary N) is 1. The monoisotopic (exact) mass is 449 g/mol. The van der Waals surface area contributed by atoms with Crippen molar-refractivity contribution < 1.29 is 19.1 Å². The van der Waals surface area contributed by atoms with Crippen LogP contribution in [0.3, 0.4) is 0 Å². The molecule has 1 N–H and O–H groups in total. The quantitative estimate of drug-likeness (QED) is 0.621. The van der Waals surface area contributed by atoms with E-state index in [0.29, 0.717) is 48.8 Å². The van der Waals surface area contributed by atoms with Gasteiger partial charge in [0.2, 0.25) is 5.91 Å². The molecule has 0 bridgehead atoms. The number of benzene rings is 1. The van der Waals surface area contributed by atoms with Gasteiger partial charge in [0, 0.05) is 55.9 Å². The van der Waals surface area contributed by atoms with Crippen LogP contribution in [0.4, 0.5) is 5.69 Å². The summed E-state index contributed by atoms with van der Waals surface area (Å²) < 4.78 is 13.8. The van der Waals surface area contributed by atoms with Crippen molar-refractivity contribution in [1.29, 1.82) is 0 Å². The van der Waals surface area contributed by atoms with Crippen molar-refractivity contribution in [2.24, 2.45) is 5.92 Å². The van der Waals surface area contributed by atoms with Crippen molar-refractivity contribution in [2.45, 2.75) is 39.2 Å². The molecule has 0 saturated carbocycles. The third kappa shape index (κ3) is 4.10. The molecule has 9 heteroatoms. The number of anilines is 1. The predicted octanol–water partition coefficient (Wildman–Crippen LogP) is 2.94. The van der Waals surface area contributed by atoms with Gasteiger partial charge in [-0.05, 0) is 32.9 Å². The molecule has 2 aliphatic heterocycles. The average molecular weight is 450 g/mol. The highest BCUT2D eigenvalue weighted by atomic mass is 16.5. The summed E-state index contributed by atoms with van der Waals surface area (Å²) in [6, 6.07) is 5.50. The van der Waals surface area contributed by atoms with Crippen molar-refractivity contribution in [3.63, 3.8) is 0 Å². The van der Waals surface area contributed by atoms with E-state index in [1.807, 2.05) is 37.8 Å². The van der Waals surface area contributed by atoms with Crippen LogP contribution in [-0.2, 0) is 11.2 Å². The van der Waals surface area contributed by atoms with Crippen LogP contribution < -0.4 is 14.8 Å². The number of ether oxygens (including phenoxy) is 2. The number of hydrogen-bond donors (Lipinski definition) is 1. The van der Waals surface area contributed by atoms with Crippen LogP contribution in [0.2, 0.25) is 0 Å². The fourth-order valence-electron chi connectivity index (χ4n) is 4.50. The maximum atomic E-state index is 13.1. The first-order valence-corrected chi connectivity index (χ1v) is 11.2. The van der Waals surface area contributed by atoms with Gasteiger partial charge < -0.3 is 19.7 Å². The Morgan fingerprint density at radius 3 is 3.00 bits per heavy atom. The van der Waals surface area contributed by atoms with Crippen LogP contribution in [0.15, 0.2) is 36.8 Å². The van der Waals surface area contributed by atoms with Crippen LogP contribution in [0.25, 0.3) is 5.65 Å². The van der Waals surface area contributed by atoms with Crippen molar-refractivity contribution in [1.82, 2.24) is 19.5 Å². The number of carbonyl (C=O) groups is 2. The summed E-state index contributed by atoms with van der Waals surface area (Å²) in [7, 11) is 0. The number of fused-ring (bicyclic) bond motifs is 2. The Kier molecular flexibility index (Phi) is 5.19. The summed E-state index contributed by atoms with van der Waals surface area (Å²) in [4.78, 5) is 31.3. The van der Waals surface area contributed by atoms with Crippen LogP contribution >= 0.6 is 0 Å². The fraction of sp³-hybridized carbons (Fsp3) is 0.417. The van der Waals surface area contributed by atoms with Crippen molar-refractivity contribution >= 4 is 23.1 Å². The van der Waals surface area contributed by atoms with Crippen LogP contribution in [-0.4, -0.2) is 56.6 Å². The van der Waals surface area contributed by atoms with E-state index in [0.717, 1.165) is 17.7 Å². The zero-order valence-corrected chi connectivity index (χ0v) is 19.0. The van der Waals surface area contributed by atoms with Crippen molar-refractivity contribution in [3.8, 4) is 11.5 Å². The van der Waals surface area contributed by atoms with Gasteiger partial charge in [-0.3, -0.25) is 9.59 Å². The molecule has 0 spiro atoms. The average Bonchev–Trinajstić information content (AvgIpc) is 3.45. The summed E-state index contributed by atoms with van der Waals surface area (Å²) >= 11 is 0. The lowest BCUT2D eigenvalue weighted by atomic mass is 10.0. The third-order valence-electron chi connectivity index (χ3n) is 6.09. The minimum Gasteiger partial charge on any atom is -0.491 e. The molecular formula is C24H27N5O4. The predicted molar refractivity (Wildman–Crippen MR) is 122 cm³/mol. The molecule has 1 atom stereocenters. The van der Waals surface area contributed by atoms with E-state index in [4.69, 9.17) is 9.47 Å². The van der Waals surface area contributed by atoms with Gasteiger partial charge in [-0.1, -0.05) is 0 Å². The lowest BCUT2D eigenvalue weighted by Crippen LogP contribution is -2.25. The molecule has 3 aromatic rings. The van der Waals surface area contributed by atoms with Crippen LogP contribution in [0, 0.1) is 5.92 Å². The number of aromatic nitrogens is 3. The topological polar surface area (TPSA) is 98.1 Å². The number of amides is 2. The number of nitrogens with zero attached hydrogens (tertiary/aromatic N) is 4. The molecule has 2 amide bonds. The molecule has 172 valence electrons. The molecule has 9 nitrogen and oxygen atoms in total. The Hall–Kier alpha value is -3.62. The molecule has 0 radical (unpaired) electrons. The highest BCUT2D eigenvalue weighted by molar-refractivity contribution is 6.08. The van der Waals surface area contributed by atoms with Gasteiger partial charge in [0.15, 0.2) is 5.65 Å². The normalized spacial score (nSPS) is 18.9. The smallest absolute Gasteiger partial charge is 0.261 e. The summed E-state index contributed by atoms with van der Waals surface area (Å²) in [6.07, 6.45) is 6.07. The van der Waals surface area contributed by atoms with Gasteiger partial charge in [-0.25, -0.2) is 9.50 Å². The highest BCUT2D eigenvalue weighted by Gasteiger charge is 2.33. The summed E-state index contributed by atoms with van der Waals surface area (Å²) in [5.41, 5.74) is 2.10. The van der Waals surface area contributed by atoms with E-state index in [1.165, 1.54) is 6.20 Å². The Morgan fingerprint density at radius 2 is 2.21 bits per heavy atom. The van der Waals surface area contributed by atoms with Crippen molar-refractivity contribution in [3.05, 3.63) is 47.9 Å². The van der Waals surface area contributed by atoms with Gasteiger partial charge in [-0.2, -0.15) is 5.10 Å². The first kappa shape index (κ1) is 21.2. The highest BCUT2D eigenvalue weighted by Crippen LogP contribution is 2.41. The second kappa shape index (κ2) is 8.06. The van der Waals surface area contributed by atoms with E-state index in [1.54, 1.807) is 23.0 Å². The Labute approximate surface area is 191 Å². The lowest BCUT2D eigenvalue weighted by Gasteiger charge is -2.18. The molecule has 1 fully saturated rings. The summed E-state index contributed by atoms with van der Waals surface area (Å²) in [6.45, 7) is 7.79. The molecule has 5 rings (SSSR count). The van der Waals surface area contributed by atoms with Gasteiger partial charge in [0.25, 0.3) is 5.91 Å². The van der Waals surface area contributed by atoms with E-state index < -0.39 is 0 Å². The molecule has 1 aromatic carbocycles. The standard InChI is InChI=1S/C24H27N5O4/c1-4-28-13-15(8-21(28)30)14-32-20-10-19-16(11-24(2,3)33-19)9-18(20)27-23(31)17-12-26-29-7-5-6-25-22(17)29/h5-7,9-10,12,15H,4,8,11,13-14H2,1-3H3,(H,27,31)/t15-/m0/s1. The van der Waals surface area contributed by atoms with E-state index in [-0.39, 0.29) is 23.3 Å². The number of likely N-dealkylation sites (tertiary alicyclic amines) is 1. The van der Waals surface area contributed by atoms with E-state index in [2.05, 4.69) is 15.4 Å². The minimum atomic E-state index is -0.325. The molecule has 0 aliphatic carbocycles. The minimum absolute atomic E-state index is 0.107. The van der Waals surface area contributed by atoms with Gasteiger partial charge >= 0.3 is 0 Å². The molecule has 2 aliphatic rings. The third-order valence-corrected chi connectivity index (χ3v) is 6.09. The maximum absolute atomic E-state index is 13.1. The fourth-order valence-corrected chi connectivity index (χ4v) is 4.50. The second-order valence-corrected chi connectivity index (χ2v) is 9.21. The summed E-state index contributed by atoms with van der Waals surface area (Å²) in [5.74, 6) is 1.21. The number of hydrogen-bond acceptors (Lipinski definition) is 6. The van der Waals surface area contributed by atoms with Crippen LogP contribution in [0.5, 0.6) is 11.5 Å². The Morgan fingerprint density at radius 1 is 1.36 bits per heavy atom. The van der Waals surface area contributed by atoms with E-state index >= 15 is 0 Å². The maximum Gasteiger partial charge on any atom is 0.261 e. The van der Waals surface area contributed by atoms with Crippen LogP contribution in [0.1, 0.15) is 43.1 Å². The Balaban J connectivity index is 1.40. The van der Waals surface area contributed by atoms with E-state index in [9.17, 15) is 9.59 Å². The van der Waals surface area contributed by atoms with Gasteiger partial charge in [-0.15, -0.1) is 0 Å². The lowest BCUT2D eigenvalue weighted by molar-refractivity contribution is -0.127. The molecule has 0 unspecified atom stereocenters. The number of carbonyl (C=O) groups excluding carboxylic acids is 2. The molecule has 4 heterocycles. The van der Waals surface area contributed by atoms with Gasteiger partial charge in [0.05, 0.1) is 18.5 Å². The van der Waals surface area contributed by atoms with Gasteiger partial charge in [0.1, 0.15) is 22.7 Å². The molecule has 33 heavy (non-hydrogen) atoms. The zero-order chi connectivity index (χ0) is 23.2. The second-order valence-electron chi connectivity index (χ2n) is 9.21.